The average Bonchev–Trinajstić information content (AvgIpc) is 2.89. The zero-order valence-corrected chi connectivity index (χ0v) is 18.1. The van der Waals surface area contributed by atoms with E-state index in [1.165, 1.54) is 18.2 Å². The predicted octanol–water partition coefficient (Wildman–Crippen LogP) is 2.11. The molecule has 1 amide bonds. The lowest BCUT2D eigenvalue weighted by atomic mass is 9.95. The second kappa shape index (κ2) is 8.65. The van der Waals surface area contributed by atoms with E-state index in [1.807, 2.05) is 0 Å². The number of rotatable bonds is 6. The highest BCUT2D eigenvalue weighted by atomic mass is 32.2. The number of halogens is 4. The number of carbonyl (C=O) groups excluding carboxylic acids is 1. The highest BCUT2D eigenvalue weighted by Crippen LogP contribution is 2.41. The summed E-state index contributed by atoms with van der Waals surface area (Å²) in [6.45, 7) is -0.634. The van der Waals surface area contributed by atoms with E-state index in [4.69, 9.17) is 9.88 Å². The normalized spacial score (nSPS) is 24.5. The summed E-state index contributed by atoms with van der Waals surface area (Å²) in [4.78, 5) is 18.0. The van der Waals surface area contributed by atoms with Gasteiger partial charge in [0.2, 0.25) is 10.0 Å². The molecule has 178 valence electrons. The molecule has 0 aliphatic carbocycles. The first-order valence-corrected chi connectivity index (χ1v) is 11.9. The summed E-state index contributed by atoms with van der Waals surface area (Å²) >= 11 is 0. The Balaban J connectivity index is 1.68. The van der Waals surface area contributed by atoms with E-state index in [-0.39, 0.29) is 23.4 Å². The van der Waals surface area contributed by atoms with Gasteiger partial charge in [-0.05, 0) is 24.3 Å². The summed E-state index contributed by atoms with van der Waals surface area (Å²) in [5, 5.41) is 5.06. The summed E-state index contributed by atoms with van der Waals surface area (Å²) in [7, 11) is -4.28. The predicted molar refractivity (Wildman–Crippen MR) is 110 cm³/mol. The second-order valence-corrected chi connectivity index (χ2v) is 9.91. The molecule has 4 rings (SSSR count). The summed E-state index contributed by atoms with van der Waals surface area (Å²) in [5.41, 5.74) is 0.577. The van der Waals surface area contributed by atoms with E-state index in [0.717, 1.165) is 17.0 Å². The van der Waals surface area contributed by atoms with E-state index in [9.17, 15) is 30.8 Å². The Hall–Kier alpha value is -2.57. The van der Waals surface area contributed by atoms with Crippen LogP contribution in [0, 0.1) is 17.6 Å². The third-order valence-electron chi connectivity index (χ3n) is 5.84. The number of hydrogen-bond acceptors (Lipinski definition) is 5. The van der Waals surface area contributed by atoms with Crippen LogP contribution in [0.5, 0.6) is 0 Å². The smallest absolute Gasteiger partial charge is 0.271 e. The number of carbonyl (C=O) groups is 1. The molecule has 2 fully saturated rings. The molecule has 1 aromatic carbocycles. The molecule has 2 aliphatic heterocycles. The lowest BCUT2D eigenvalue weighted by molar-refractivity contribution is -0.158. The van der Waals surface area contributed by atoms with Gasteiger partial charge in [-0.15, -0.1) is 0 Å². The Bertz CT molecular complexity index is 1150. The van der Waals surface area contributed by atoms with Gasteiger partial charge in [-0.3, -0.25) is 9.78 Å². The third-order valence-corrected chi connectivity index (χ3v) is 6.66. The van der Waals surface area contributed by atoms with Crippen LogP contribution in [-0.4, -0.2) is 61.2 Å². The van der Waals surface area contributed by atoms with Crippen LogP contribution in [0.4, 0.5) is 17.6 Å². The number of likely N-dealkylation sites (tertiary alicyclic amines) is 1. The quantitative estimate of drug-likeness (QED) is 0.629. The second-order valence-electron chi connectivity index (χ2n) is 8.26. The highest BCUT2D eigenvalue weighted by molar-refractivity contribution is 7.89. The molecule has 2 aliphatic rings. The van der Waals surface area contributed by atoms with Crippen molar-refractivity contribution in [1.29, 1.82) is 0 Å². The van der Waals surface area contributed by atoms with Gasteiger partial charge in [0.25, 0.3) is 11.8 Å². The fourth-order valence-electron chi connectivity index (χ4n) is 4.22. The molecule has 3 atom stereocenters. The monoisotopic (exact) mass is 487 g/mol. The molecule has 0 saturated carbocycles. The van der Waals surface area contributed by atoms with Crippen LogP contribution in [0.2, 0.25) is 0 Å². The first kappa shape index (κ1) is 23.6. The van der Waals surface area contributed by atoms with Gasteiger partial charge in [0.15, 0.2) is 0 Å². The number of primary sulfonamides is 1. The molecule has 2 aromatic rings. The van der Waals surface area contributed by atoms with Crippen LogP contribution >= 0.6 is 0 Å². The maximum Gasteiger partial charge on any atom is 0.271 e. The molecule has 12 heteroatoms. The Morgan fingerprint density at radius 3 is 2.45 bits per heavy atom. The maximum atomic E-state index is 14.9. The molecule has 2 N–H and O–H groups in total. The van der Waals surface area contributed by atoms with Crippen LogP contribution in [0.15, 0.2) is 36.4 Å². The topological polar surface area (TPSA) is 103 Å². The zero-order valence-electron chi connectivity index (χ0n) is 17.3. The van der Waals surface area contributed by atoms with Crippen molar-refractivity contribution in [1.82, 2.24) is 9.88 Å². The molecular weight excluding hydrogens is 466 g/mol. The van der Waals surface area contributed by atoms with Crippen LogP contribution in [0.1, 0.15) is 12.1 Å². The van der Waals surface area contributed by atoms with E-state index in [1.54, 1.807) is 0 Å². The summed E-state index contributed by atoms with van der Waals surface area (Å²) in [6.07, 6.45) is -0.683. The number of sulfonamides is 1. The molecule has 0 spiro atoms. The number of nitrogens with zero attached hydrogens (tertiary/aromatic N) is 2. The number of amides is 1. The number of nitrogens with two attached hydrogens (primary N) is 1. The molecule has 0 radical (unpaired) electrons. The standard InChI is InChI=1S/C21H21F4N3O4S/c22-13-6-12(7-14(23)8-13)17-3-1-2-15(27-17)9-18-16(10-33(26,30)31)21(24,25)11-28(18)20(29)19-4-5-32-19/h1-3,6-8,16,18-19H,4-5,9-11H2,(H2,26,30,31). The molecule has 0 bridgehead atoms. The number of hydrogen-bond donors (Lipinski definition) is 1. The van der Waals surface area contributed by atoms with Crippen LogP contribution < -0.4 is 5.14 Å². The van der Waals surface area contributed by atoms with Crippen LogP contribution in [-0.2, 0) is 26.0 Å². The van der Waals surface area contributed by atoms with Gasteiger partial charge in [-0.2, -0.15) is 0 Å². The van der Waals surface area contributed by atoms with E-state index in [2.05, 4.69) is 4.98 Å². The first-order chi connectivity index (χ1) is 15.4. The fraction of sp³-hybridized carbons (Fsp3) is 0.429. The van der Waals surface area contributed by atoms with Gasteiger partial charge in [0, 0.05) is 36.2 Å². The summed E-state index contributed by atoms with van der Waals surface area (Å²) in [5.74, 6) is -8.54. The zero-order chi connectivity index (χ0) is 24.0. The number of ether oxygens (including phenoxy) is 1. The Morgan fingerprint density at radius 2 is 1.88 bits per heavy atom. The van der Waals surface area contributed by atoms with Crippen molar-refractivity contribution < 1.29 is 35.5 Å². The highest BCUT2D eigenvalue weighted by Gasteiger charge is 2.57. The first-order valence-electron chi connectivity index (χ1n) is 10.2. The maximum absolute atomic E-state index is 14.9. The van der Waals surface area contributed by atoms with Crippen molar-refractivity contribution in [3.8, 4) is 11.3 Å². The van der Waals surface area contributed by atoms with Crippen LogP contribution in [0.25, 0.3) is 11.3 Å². The van der Waals surface area contributed by atoms with Gasteiger partial charge in [0.05, 0.1) is 30.5 Å². The van der Waals surface area contributed by atoms with E-state index >= 15 is 0 Å². The molecule has 2 saturated heterocycles. The lowest BCUT2D eigenvalue weighted by Gasteiger charge is -2.33. The lowest BCUT2D eigenvalue weighted by Crippen LogP contribution is -2.49. The van der Waals surface area contributed by atoms with Crippen molar-refractivity contribution in [2.75, 3.05) is 18.9 Å². The molecule has 3 heterocycles. The Kier molecular flexibility index (Phi) is 6.18. The van der Waals surface area contributed by atoms with Gasteiger partial charge < -0.3 is 9.64 Å². The fourth-order valence-corrected chi connectivity index (χ4v) is 5.19. The minimum Gasteiger partial charge on any atom is -0.368 e. The van der Waals surface area contributed by atoms with Gasteiger partial charge >= 0.3 is 0 Å². The van der Waals surface area contributed by atoms with Gasteiger partial charge in [0.1, 0.15) is 17.7 Å². The molecule has 1 aromatic heterocycles. The number of pyridine rings is 1. The summed E-state index contributed by atoms with van der Waals surface area (Å²) in [6, 6.07) is 6.17. The SMILES string of the molecule is NS(=O)(=O)CC1C(Cc2cccc(-c3cc(F)cc(F)c3)n2)N(C(=O)C2CCO2)CC1(F)F. The van der Waals surface area contributed by atoms with Crippen molar-refractivity contribution in [3.05, 3.63) is 53.7 Å². The number of alkyl halides is 2. The van der Waals surface area contributed by atoms with E-state index < -0.39 is 63.8 Å². The minimum atomic E-state index is -4.28. The summed E-state index contributed by atoms with van der Waals surface area (Å²) < 4.78 is 85.5. The van der Waals surface area contributed by atoms with Gasteiger partial charge in [-0.1, -0.05) is 6.07 Å². The molecule has 33 heavy (non-hydrogen) atoms. The van der Waals surface area contributed by atoms with Crippen molar-refractivity contribution in [3.63, 3.8) is 0 Å². The molecule has 3 unspecified atom stereocenters. The van der Waals surface area contributed by atoms with Crippen molar-refractivity contribution in [2.24, 2.45) is 11.1 Å². The minimum absolute atomic E-state index is 0.142. The molecular formula is C21H21F4N3O4S. The van der Waals surface area contributed by atoms with E-state index in [0.29, 0.717) is 19.1 Å². The largest absolute Gasteiger partial charge is 0.368 e. The number of aromatic nitrogens is 1. The van der Waals surface area contributed by atoms with Crippen molar-refractivity contribution >= 4 is 15.9 Å². The van der Waals surface area contributed by atoms with Crippen molar-refractivity contribution in [2.45, 2.75) is 30.9 Å². The van der Waals surface area contributed by atoms with Crippen LogP contribution in [0.3, 0.4) is 0 Å². The Morgan fingerprint density at radius 1 is 1.21 bits per heavy atom. The molecule has 7 nitrogen and oxygen atoms in total. The third kappa shape index (κ3) is 5.17. The number of benzene rings is 1. The Labute approximate surface area is 187 Å². The van der Waals surface area contributed by atoms with Gasteiger partial charge in [-0.25, -0.2) is 31.1 Å². The average molecular weight is 487 g/mol.